The van der Waals surface area contributed by atoms with Gasteiger partial charge in [-0.3, -0.25) is 4.68 Å². The third-order valence-corrected chi connectivity index (χ3v) is 2.39. The molecule has 17 heavy (non-hydrogen) atoms. The van der Waals surface area contributed by atoms with E-state index in [9.17, 15) is 4.79 Å². The molecule has 0 bridgehead atoms. The minimum atomic E-state index is -0.348. The number of carbonyl (C=O) groups is 1. The van der Waals surface area contributed by atoms with Crippen LogP contribution in [0.2, 0.25) is 0 Å². The van der Waals surface area contributed by atoms with E-state index >= 15 is 0 Å². The average Bonchev–Trinajstić information content (AvgIpc) is 2.73. The molecule has 1 aromatic heterocycles. The van der Waals surface area contributed by atoms with Gasteiger partial charge in [0.2, 0.25) is 0 Å². The molecule has 0 saturated carbocycles. The Labute approximate surface area is 99.8 Å². The molecule has 0 spiro atoms. The van der Waals surface area contributed by atoms with Crippen molar-refractivity contribution >= 4 is 5.97 Å². The first kappa shape index (κ1) is 11.4. The first-order valence-electron chi connectivity index (χ1n) is 5.36. The Bertz CT molecular complexity index is 532. The third kappa shape index (κ3) is 2.93. The molecule has 0 atom stereocenters. The van der Waals surface area contributed by atoms with Crippen LogP contribution < -0.4 is 0 Å². The molecule has 0 aliphatic carbocycles. The van der Waals surface area contributed by atoms with Crippen molar-refractivity contribution in [1.82, 2.24) is 9.78 Å². The van der Waals surface area contributed by atoms with Crippen LogP contribution in [0.4, 0.5) is 0 Å². The standard InChI is InChI=1S/C13H14N2O2/c1-10-4-3-5-11(6-10)9-17-13(16)12-7-14-15(2)8-12/h3-8H,9H2,1-2H3. The normalized spacial score (nSPS) is 10.2. The van der Waals surface area contributed by atoms with Crippen LogP contribution in [0.1, 0.15) is 21.5 Å². The zero-order chi connectivity index (χ0) is 12.3. The molecule has 88 valence electrons. The Morgan fingerprint density at radius 2 is 2.29 bits per heavy atom. The number of benzene rings is 1. The molecule has 0 N–H and O–H groups in total. The molecule has 0 unspecified atom stereocenters. The van der Waals surface area contributed by atoms with Crippen molar-refractivity contribution in [2.45, 2.75) is 13.5 Å². The maximum atomic E-state index is 11.6. The van der Waals surface area contributed by atoms with Crippen molar-refractivity contribution in [3.05, 3.63) is 53.3 Å². The molecule has 0 aliphatic heterocycles. The van der Waals surface area contributed by atoms with E-state index in [1.807, 2.05) is 31.2 Å². The van der Waals surface area contributed by atoms with Crippen LogP contribution in [0.25, 0.3) is 0 Å². The van der Waals surface area contributed by atoms with Crippen molar-refractivity contribution in [2.75, 3.05) is 0 Å². The lowest BCUT2D eigenvalue weighted by atomic mass is 10.1. The van der Waals surface area contributed by atoms with E-state index in [0.717, 1.165) is 11.1 Å². The van der Waals surface area contributed by atoms with E-state index in [-0.39, 0.29) is 12.6 Å². The van der Waals surface area contributed by atoms with Gasteiger partial charge in [-0.1, -0.05) is 29.8 Å². The molecule has 0 saturated heterocycles. The van der Waals surface area contributed by atoms with Gasteiger partial charge in [0.25, 0.3) is 0 Å². The maximum absolute atomic E-state index is 11.6. The summed E-state index contributed by atoms with van der Waals surface area (Å²) in [4.78, 5) is 11.6. The fraction of sp³-hybridized carbons (Fsp3) is 0.231. The van der Waals surface area contributed by atoms with E-state index in [4.69, 9.17) is 4.74 Å². The van der Waals surface area contributed by atoms with Crippen molar-refractivity contribution < 1.29 is 9.53 Å². The van der Waals surface area contributed by atoms with Gasteiger partial charge in [-0.25, -0.2) is 4.79 Å². The number of aryl methyl sites for hydroxylation is 2. The second kappa shape index (κ2) is 4.82. The number of aromatic nitrogens is 2. The summed E-state index contributed by atoms with van der Waals surface area (Å²) < 4.78 is 6.76. The summed E-state index contributed by atoms with van der Waals surface area (Å²) in [5, 5.41) is 3.92. The number of nitrogens with zero attached hydrogens (tertiary/aromatic N) is 2. The first-order valence-corrected chi connectivity index (χ1v) is 5.36. The number of hydrogen-bond donors (Lipinski definition) is 0. The summed E-state index contributed by atoms with van der Waals surface area (Å²) >= 11 is 0. The topological polar surface area (TPSA) is 44.1 Å². The van der Waals surface area contributed by atoms with E-state index in [0.29, 0.717) is 5.56 Å². The predicted octanol–water partition coefficient (Wildman–Crippen LogP) is 2.09. The second-order valence-electron chi connectivity index (χ2n) is 3.97. The van der Waals surface area contributed by atoms with Gasteiger partial charge in [0.1, 0.15) is 6.61 Å². The van der Waals surface area contributed by atoms with Crippen LogP contribution in [0.15, 0.2) is 36.7 Å². The van der Waals surface area contributed by atoms with Gasteiger partial charge in [0, 0.05) is 13.2 Å². The molecular weight excluding hydrogens is 216 g/mol. The van der Waals surface area contributed by atoms with Gasteiger partial charge < -0.3 is 4.74 Å². The molecular formula is C13H14N2O2. The van der Waals surface area contributed by atoms with Crippen LogP contribution in [-0.4, -0.2) is 15.7 Å². The van der Waals surface area contributed by atoms with Gasteiger partial charge in [-0.05, 0) is 12.5 Å². The van der Waals surface area contributed by atoms with Crippen LogP contribution in [0, 0.1) is 6.92 Å². The molecule has 2 aromatic rings. The van der Waals surface area contributed by atoms with Crippen LogP contribution >= 0.6 is 0 Å². The fourth-order valence-corrected chi connectivity index (χ4v) is 1.56. The lowest BCUT2D eigenvalue weighted by molar-refractivity contribution is 0.0472. The summed E-state index contributed by atoms with van der Waals surface area (Å²) in [6, 6.07) is 7.88. The molecule has 1 aromatic carbocycles. The summed E-state index contributed by atoms with van der Waals surface area (Å²) in [6.07, 6.45) is 3.14. The van der Waals surface area contributed by atoms with Gasteiger partial charge in [0.05, 0.1) is 11.8 Å². The Hall–Kier alpha value is -2.10. The molecule has 1 heterocycles. The number of carbonyl (C=O) groups excluding carboxylic acids is 1. The van der Waals surface area contributed by atoms with Crippen molar-refractivity contribution in [3.63, 3.8) is 0 Å². The number of rotatable bonds is 3. The number of ether oxygens (including phenoxy) is 1. The van der Waals surface area contributed by atoms with E-state index in [2.05, 4.69) is 5.10 Å². The van der Waals surface area contributed by atoms with Gasteiger partial charge in [-0.2, -0.15) is 5.10 Å². The Morgan fingerprint density at radius 1 is 1.47 bits per heavy atom. The second-order valence-corrected chi connectivity index (χ2v) is 3.97. The summed E-state index contributed by atoms with van der Waals surface area (Å²) in [7, 11) is 1.76. The largest absolute Gasteiger partial charge is 0.457 e. The van der Waals surface area contributed by atoms with Gasteiger partial charge in [-0.15, -0.1) is 0 Å². The van der Waals surface area contributed by atoms with Crippen LogP contribution in [0.5, 0.6) is 0 Å². The Morgan fingerprint density at radius 3 is 2.94 bits per heavy atom. The van der Waals surface area contributed by atoms with Crippen molar-refractivity contribution in [1.29, 1.82) is 0 Å². The summed E-state index contributed by atoms with van der Waals surface area (Å²) in [6.45, 7) is 2.29. The highest BCUT2D eigenvalue weighted by Gasteiger charge is 2.09. The minimum absolute atomic E-state index is 0.287. The quantitative estimate of drug-likeness (QED) is 0.758. The zero-order valence-electron chi connectivity index (χ0n) is 9.88. The highest BCUT2D eigenvalue weighted by atomic mass is 16.5. The molecule has 0 aliphatic rings. The fourth-order valence-electron chi connectivity index (χ4n) is 1.56. The van der Waals surface area contributed by atoms with Crippen LogP contribution in [-0.2, 0) is 18.4 Å². The molecule has 0 fully saturated rings. The van der Waals surface area contributed by atoms with Gasteiger partial charge in [0.15, 0.2) is 0 Å². The highest BCUT2D eigenvalue weighted by Crippen LogP contribution is 2.07. The predicted molar refractivity (Wildman–Crippen MR) is 63.5 cm³/mol. The van der Waals surface area contributed by atoms with E-state index < -0.39 is 0 Å². The molecule has 0 amide bonds. The zero-order valence-corrected chi connectivity index (χ0v) is 9.88. The maximum Gasteiger partial charge on any atom is 0.341 e. The smallest absolute Gasteiger partial charge is 0.341 e. The van der Waals surface area contributed by atoms with E-state index in [1.165, 1.54) is 6.20 Å². The number of hydrogen-bond acceptors (Lipinski definition) is 3. The lowest BCUT2D eigenvalue weighted by Crippen LogP contribution is -2.04. The first-order chi connectivity index (χ1) is 8.15. The number of esters is 1. The monoisotopic (exact) mass is 230 g/mol. The minimum Gasteiger partial charge on any atom is -0.457 e. The Kier molecular flexibility index (Phi) is 3.23. The average molecular weight is 230 g/mol. The van der Waals surface area contributed by atoms with E-state index in [1.54, 1.807) is 17.9 Å². The Balaban J connectivity index is 1.97. The molecule has 4 heteroatoms. The molecule has 4 nitrogen and oxygen atoms in total. The molecule has 0 radical (unpaired) electrons. The molecule has 2 rings (SSSR count). The lowest BCUT2D eigenvalue weighted by Gasteiger charge is -2.04. The SMILES string of the molecule is Cc1cccc(COC(=O)c2cnn(C)c2)c1. The summed E-state index contributed by atoms with van der Waals surface area (Å²) in [5.41, 5.74) is 2.61. The summed E-state index contributed by atoms with van der Waals surface area (Å²) in [5.74, 6) is -0.348. The van der Waals surface area contributed by atoms with Crippen LogP contribution in [0.3, 0.4) is 0 Å². The van der Waals surface area contributed by atoms with Gasteiger partial charge >= 0.3 is 5.97 Å². The highest BCUT2D eigenvalue weighted by molar-refractivity contribution is 5.88. The third-order valence-electron chi connectivity index (χ3n) is 2.39. The van der Waals surface area contributed by atoms with Crippen molar-refractivity contribution in [2.24, 2.45) is 7.05 Å². The van der Waals surface area contributed by atoms with Crippen molar-refractivity contribution in [3.8, 4) is 0 Å².